The minimum Gasteiger partial charge on any atom is -0.497 e. The van der Waals surface area contributed by atoms with Crippen LogP contribution in [0.5, 0.6) is 23.0 Å². The van der Waals surface area contributed by atoms with Gasteiger partial charge >= 0.3 is 0 Å². The van der Waals surface area contributed by atoms with Crippen molar-refractivity contribution in [2.75, 3.05) is 106 Å². The molecule has 115 heavy (non-hydrogen) atoms. The molecule has 0 aliphatic heterocycles. The zero-order valence-corrected chi connectivity index (χ0v) is 69.7. The number of hydrogen-bond acceptors (Lipinski definition) is 17. The first kappa shape index (κ1) is 84.8. The van der Waals surface area contributed by atoms with Crippen molar-refractivity contribution >= 4 is 28.9 Å². The Labute approximate surface area is 684 Å². The van der Waals surface area contributed by atoms with Crippen LogP contribution in [-0.4, -0.2) is 150 Å². The number of ketones is 5. The largest absolute Gasteiger partial charge is 0.497 e. The molecule has 16 bridgehead atoms. The Balaban J connectivity index is 0.000000133. The smallest absolute Gasteiger partial charge is 0.170 e. The molecule has 16 aliphatic carbocycles. The summed E-state index contributed by atoms with van der Waals surface area (Å²) >= 11 is 0. The van der Waals surface area contributed by atoms with Crippen molar-refractivity contribution in [2.45, 2.75) is 242 Å². The fraction of sp³-hybridized carbons (Fsp3) is 0.680. The number of aromatic nitrogens is 3. The fourth-order valence-corrected chi connectivity index (χ4v) is 25.1. The molecule has 4 aromatic carbocycles. The molecular formula is C97H133N3O15. The molecule has 626 valence electrons. The fourth-order valence-electron chi connectivity index (χ4n) is 25.1. The predicted octanol–water partition coefficient (Wildman–Crippen LogP) is 17.6. The zero-order valence-electron chi connectivity index (χ0n) is 69.7. The second kappa shape index (κ2) is 40.4. The van der Waals surface area contributed by atoms with Crippen LogP contribution in [0.15, 0.2) is 103 Å². The van der Waals surface area contributed by atoms with E-state index in [-0.39, 0.29) is 55.3 Å². The lowest BCUT2D eigenvalue weighted by atomic mass is 9.48. The molecule has 1 aromatic heterocycles. The average molecular weight is 1580 g/mol. The second-order valence-corrected chi connectivity index (χ2v) is 37.9. The van der Waals surface area contributed by atoms with Crippen molar-refractivity contribution in [3.05, 3.63) is 131 Å². The Morgan fingerprint density at radius 3 is 0.904 bits per heavy atom. The van der Waals surface area contributed by atoms with Crippen LogP contribution in [0.1, 0.15) is 235 Å². The van der Waals surface area contributed by atoms with Crippen LogP contribution < -0.4 is 18.9 Å². The SMILES string of the molecule is CC(=O)CCc1cn(CCOCCOCCOCCCC(=O)COc2ccc(C34CC5CC(CC(C5)C3)C4)cc2)nn1.CC(=O)COCCOCCOCCCC(=O)COc1ccc(C23CC4CC(CC(C4)C2)C3)cc1.CC(=O)COc1ccc(C23CC4CC(CC(C4)C2)C3)cc1.COc1ccc(C23CC4CC(CC(C4)C2)C3)cc1. The lowest BCUT2D eigenvalue weighted by Gasteiger charge is -2.57. The number of nitrogens with zero attached hydrogens (tertiary/aromatic N) is 3. The summed E-state index contributed by atoms with van der Waals surface area (Å²) < 4.78 is 56.7. The van der Waals surface area contributed by atoms with Crippen LogP contribution in [0.25, 0.3) is 0 Å². The van der Waals surface area contributed by atoms with Crippen LogP contribution in [0.2, 0.25) is 0 Å². The molecule has 16 saturated carbocycles. The number of methoxy groups -OCH3 is 1. The number of carbonyl (C=O) groups excluding carboxylic acids is 5. The van der Waals surface area contributed by atoms with Gasteiger partial charge in [0.1, 0.15) is 55.2 Å². The van der Waals surface area contributed by atoms with Crippen LogP contribution >= 0.6 is 0 Å². The van der Waals surface area contributed by atoms with E-state index in [1.807, 2.05) is 6.20 Å². The van der Waals surface area contributed by atoms with Gasteiger partial charge in [-0.25, -0.2) is 4.68 Å². The molecule has 16 fully saturated rings. The van der Waals surface area contributed by atoms with Crippen molar-refractivity contribution in [1.82, 2.24) is 15.0 Å². The lowest BCUT2D eigenvalue weighted by Crippen LogP contribution is -2.48. The van der Waals surface area contributed by atoms with Gasteiger partial charge in [0.25, 0.3) is 0 Å². The first-order valence-electron chi connectivity index (χ1n) is 44.6. The summed E-state index contributed by atoms with van der Waals surface area (Å²) in [6.45, 7) is 11.1. The Morgan fingerprint density at radius 2 is 0.609 bits per heavy atom. The zero-order chi connectivity index (χ0) is 79.6. The number of aryl methyl sites for hydroxylation is 1. The van der Waals surface area contributed by atoms with Crippen molar-refractivity contribution in [1.29, 1.82) is 0 Å². The summed E-state index contributed by atoms with van der Waals surface area (Å²) in [5, 5.41) is 8.10. The van der Waals surface area contributed by atoms with E-state index in [0.717, 1.165) is 99.7 Å². The van der Waals surface area contributed by atoms with E-state index < -0.39 is 0 Å². The van der Waals surface area contributed by atoms with E-state index in [4.69, 9.17) is 47.4 Å². The molecule has 16 aliphatic rings. The molecular weight excluding hydrogens is 1450 g/mol. The highest BCUT2D eigenvalue weighted by Gasteiger charge is 2.55. The maximum Gasteiger partial charge on any atom is 0.170 e. The lowest BCUT2D eigenvalue weighted by molar-refractivity contribution is -0.122. The Bertz CT molecular complexity index is 3780. The number of Topliss-reactive ketones (excluding diaryl/α,β-unsaturated/α-hetero) is 5. The maximum absolute atomic E-state index is 12.3. The summed E-state index contributed by atoms with van der Waals surface area (Å²) in [5.74, 6) is 15.4. The Morgan fingerprint density at radius 1 is 0.330 bits per heavy atom. The molecule has 5 aromatic rings. The molecule has 1 heterocycles. The van der Waals surface area contributed by atoms with Gasteiger partial charge in [0.15, 0.2) is 23.1 Å². The number of benzene rings is 4. The molecule has 0 unspecified atom stereocenters. The minimum absolute atomic E-state index is 0.00801. The summed E-state index contributed by atoms with van der Waals surface area (Å²) in [6, 6.07) is 34.8. The molecule has 18 heteroatoms. The van der Waals surface area contributed by atoms with Gasteiger partial charge in [0, 0.05) is 38.7 Å². The maximum atomic E-state index is 12.3. The van der Waals surface area contributed by atoms with Crippen LogP contribution in [0.4, 0.5) is 0 Å². The normalized spacial score (nSPS) is 30.0. The first-order valence-corrected chi connectivity index (χ1v) is 44.6. The van der Waals surface area contributed by atoms with Crippen molar-refractivity contribution in [3.8, 4) is 23.0 Å². The summed E-state index contributed by atoms with van der Waals surface area (Å²) in [4.78, 5) is 57.2. The van der Waals surface area contributed by atoms with Crippen LogP contribution in [-0.2, 0) is 87.0 Å². The number of hydrogen-bond donors (Lipinski definition) is 0. The van der Waals surface area contributed by atoms with Crippen LogP contribution in [0, 0.1) is 71.0 Å². The molecule has 0 N–H and O–H groups in total. The number of ether oxygens (including phenoxy) is 10. The van der Waals surface area contributed by atoms with Gasteiger partial charge in [-0.05, 0) is 358 Å². The number of rotatable bonds is 42. The monoisotopic (exact) mass is 1580 g/mol. The highest BCUT2D eigenvalue weighted by atomic mass is 16.6. The van der Waals surface area contributed by atoms with E-state index in [1.165, 1.54) is 178 Å². The molecule has 0 saturated heterocycles. The summed E-state index contributed by atoms with van der Waals surface area (Å²) in [7, 11) is 1.75. The van der Waals surface area contributed by atoms with Gasteiger partial charge in [0.05, 0.1) is 78.8 Å². The predicted molar refractivity (Wildman–Crippen MR) is 442 cm³/mol. The Hall–Kier alpha value is -6.67. The molecule has 0 spiro atoms. The highest BCUT2D eigenvalue weighted by molar-refractivity contribution is 5.80. The van der Waals surface area contributed by atoms with E-state index in [2.05, 4.69) is 107 Å². The average Bonchev–Trinajstić information content (AvgIpc) is 0.820. The Kier molecular flexibility index (Phi) is 29.8. The van der Waals surface area contributed by atoms with Crippen molar-refractivity contribution in [3.63, 3.8) is 0 Å². The van der Waals surface area contributed by atoms with E-state index in [9.17, 15) is 24.0 Å². The van der Waals surface area contributed by atoms with E-state index in [1.54, 1.807) is 31.2 Å². The summed E-state index contributed by atoms with van der Waals surface area (Å²) in [6.07, 6.45) is 39.7. The van der Waals surface area contributed by atoms with Gasteiger partial charge in [-0.3, -0.25) is 19.2 Å². The first-order chi connectivity index (χ1) is 55.9. The summed E-state index contributed by atoms with van der Waals surface area (Å²) in [5.41, 5.74) is 8.65. The third kappa shape index (κ3) is 23.5. The van der Waals surface area contributed by atoms with Gasteiger partial charge in [-0.1, -0.05) is 53.7 Å². The minimum atomic E-state index is 0.00801. The van der Waals surface area contributed by atoms with Gasteiger partial charge in [-0.2, -0.15) is 0 Å². The second-order valence-electron chi connectivity index (χ2n) is 37.9. The van der Waals surface area contributed by atoms with Crippen molar-refractivity contribution < 1.29 is 71.3 Å². The molecule has 0 atom stereocenters. The van der Waals surface area contributed by atoms with Crippen LogP contribution in [0.3, 0.4) is 0 Å². The van der Waals surface area contributed by atoms with E-state index >= 15 is 0 Å². The molecule has 0 amide bonds. The van der Waals surface area contributed by atoms with Crippen molar-refractivity contribution in [2.24, 2.45) is 71.0 Å². The number of carbonyl (C=O) groups is 5. The highest BCUT2D eigenvalue weighted by Crippen LogP contribution is 2.65. The topological polar surface area (TPSA) is 208 Å². The van der Waals surface area contributed by atoms with Gasteiger partial charge in [-0.15, -0.1) is 5.10 Å². The third-order valence-corrected chi connectivity index (χ3v) is 28.6. The van der Waals surface area contributed by atoms with Gasteiger partial charge in [0.2, 0.25) is 0 Å². The van der Waals surface area contributed by atoms with Gasteiger partial charge < -0.3 is 52.2 Å². The third-order valence-electron chi connectivity index (χ3n) is 28.6. The molecule has 21 rings (SSSR count). The quantitative estimate of drug-likeness (QED) is 0.0333. The molecule has 0 radical (unpaired) electrons. The molecule has 18 nitrogen and oxygen atoms in total. The van der Waals surface area contributed by atoms with E-state index in [0.29, 0.717) is 139 Å². The standard InChI is InChI=1S/C33H47N3O6.C28H40O6.C19H24O2.C17H22O/c1-25(37)4-7-30-23-36(35-34-30)10-12-40-14-16-41-15-13-39-11-2-3-31(38)24-42-32-8-5-29(6-9-32)33-20-26-17-27(21-33)19-28(18-26)22-33;1-21(29)19-33-12-11-32-10-9-31-8-2-3-26(30)20-34-27-6-4-25(5-7-27)28-16-22-13-23(17-28)15-24(14-22)18-28;1-13(20)12-21-18-4-2-17(3-5-18)19-9-14-6-15(10-19)8-16(7-14)11-19;1-18-16-4-2-15(3-5-16)17-9-12-6-13(10-17)8-14(7-12)11-17/h5-6,8-9,23,26-28H,2-4,7,10-22,24H2,1H3;4-7,22-24H,2-3,8-20H2,1H3;2-5,14-16H,6-12H2,1H3;2-5,12-14H,6-11H2,1H3.